The van der Waals surface area contributed by atoms with Crippen molar-refractivity contribution in [3.63, 3.8) is 0 Å². The number of hydrogen-bond donors (Lipinski definition) is 0. The summed E-state index contributed by atoms with van der Waals surface area (Å²) in [4.78, 5) is 2.61. The molecule has 0 spiro atoms. The van der Waals surface area contributed by atoms with Crippen molar-refractivity contribution < 1.29 is 0 Å². The van der Waals surface area contributed by atoms with Gasteiger partial charge in [-0.2, -0.15) is 5.26 Å². The highest BCUT2D eigenvalue weighted by Gasteiger charge is 2.51. The molecule has 1 atom stereocenters. The van der Waals surface area contributed by atoms with E-state index in [-0.39, 0.29) is 0 Å². The summed E-state index contributed by atoms with van der Waals surface area (Å²) in [6.45, 7) is 3.55. The highest BCUT2D eigenvalue weighted by atomic mass is 15.2. The van der Waals surface area contributed by atoms with Crippen LogP contribution in [0.5, 0.6) is 0 Å². The second kappa shape index (κ2) is 3.97. The summed E-state index contributed by atoms with van der Waals surface area (Å²) in [6.07, 6.45) is 10.3. The van der Waals surface area contributed by atoms with Gasteiger partial charge < -0.3 is 4.90 Å². The van der Waals surface area contributed by atoms with Gasteiger partial charge in [-0.05, 0) is 74.7 Å². The monoisotopic (exact) mass is 244 g/mol. The normalized spacial score (nSPS) is 50.6. The van der Waals surface area contributed by atoms with Crippen LogP contribution in [0.1, 0.15) is 44.9 Å². The van der Waals surface area contributed by atoms with E-state index >= 15 is 0 Å². The Morgan fingerprint density at radius 3 is 2.17 bits per heavy atom. The fraction of sp³-hybridized carbons (Fsp3) is 0.938. The number of nitrogens with zero attached hydrogens (tertiary/aromatic N) is 2. The lowest BCUT2D eigenvalue weighted by atomic mass is 9.49. The van der Waals surface area contributed by atoms with E-state index in [1.54, 1.807) is 19.3 Å². The van der Waals surface area contributed by atoms with Crippen LogP contribution in [-0.2, 0) is 0 Å². The molecule has 1 heterocycles. The van der Waals surface area contributed by atoms with Crippen molar-refractivity contribution in [2.45, 2.75) is 44.9 Å². The minimum absolute atomic E-state index is 0.318. The summed E-state index contributed by atoms with van der Waals surface area (Å²) < 4.78 is 0. The summed E-state index contributed by atoms with van der Waals surface area (Å²) in [7, 11) is 0. The Morgan fingerprint density at radius 1 is 1.06 bits per heavy atom. The van der Waals surface area contributed by atoms with E-state index in [9.17, 15) is 0 Å². The Morgan fingerprint density at radius 2 is 1.67 bits per heavy atom. The molecular weight excluding hydrogens is 220 g/mol. The topological polar surface area (TPSA) is 27.0 Å². The van der Waals surface area contributed by atoms with Gasteiger partial charge >= 0.3 is 0 Å². The van der Waals surface area contributed by atoms with Crippen molar-refractivity contribution in [1.82, 2.24) is 4.90 Å². The van der Waals surface area contributed by atoms with Crippen LogP contribution >= 0.6 is 0 Å². The maximum atomic E-state index is 9.04. The van der Waals surface area contributed by atoms with Crippen LogP contribution in [0.15, 0.2) is 0 Å². The molecule has 0 aromatic rings. The molecule has 0 radical (unpaired) electrons. The standard InChI is InChI=1S/C16H24N2/c17-9-12-1-2-18(10-12)11-16-6-13-3-14(7-16)5-15(4-13)8-16/h12-15H,1-8,10-11H2. The first-order valence-corrected chi connectivity index (χ1v) is 7.87. The molecule has 1 unspecified atom stereocenters. The van der Waals surface area contributed by atoms with E-state index in [0.717, 1.165) is 30.7 Å². The first-order valence-electron chi connectivity index (χ1n) is 7.87. The molecule has 98 valence electrons. The molecule has 4 saturated carbocycles. The Balaban J connectivity index is 1.47. The quantitative estimate of drug-likeness (QED) is 0.746. The van der Waals surface area contributed by atoms with Crippen molar-refractivity contribution in [3.8, 4) is 6.07 Å². The SMILES string of the molecule is N#CC1CCN(CC23CC4CC(CC(C4)C2)C3)C1. The van der Waals surface area contributed by atoms with Gasteiger partial charge in [-0.3, -0.25) is 0 Å². The predicted molar refractivity (Wildman–Crippen MR) is 70.8 cm³/mol. The minimum atomic E-state index is 0.318. The molecule has 0 N–H and O–H groups in total. The molecule has 5 rings (SSSR count). The van der Waals surface area contributed by atoms with Crippen LogP contribution in [-0.4, -0.2) is 24.5 Å². The maximum absolute atomic E-state index is 9.04. The largest absolute Gasteiger partial charge is 0.301 e. The van der Waals surface area contributed by atoms with Crippen LogP contribution in [0.4, 0.5) is 0 Å². The van der Waals surface area contributed by atoms with E-state index < -0.39 is 0 Å². The summed E-state index contributed by atoms with van der Waals surface area (Å²) in [5.41, 5.74) is 0.666. The van der Waals surface area contributed by atoms with E-state index in [2.05, 4.69) is 11.0 Å². The second-order valence-electron chi connectivity index (χ2n) is 7.77. The fourth-order valence-electron chi connectivity index (χ4n) is 6.04. The Kier molecular flexibility index (Phi) is 2.49. The van der Waals surface area contributed by atoms with Crippen LogP contribution in [0.3, 0.4) is 0 Å². The third kappa shape index (κ3) is 1.79. The van der Waals surface area contributed by atoms with Gasteiger partial charge in [-0.15, -0.1) is 0 Å². The van der Waals surface area contributed by atoms with Gasteiger partial charge in [0.15, 0.2) is 0 Å². The minimum Gasteiger partial charge on any atom is -0.301 e. The molecular formula is C16H24N2. The van der Waals surface area contributed by atoms with Gasteiger partial charge in [0.2, 0.25) is 0 Å². The average Bonchev–Trinajstić information content (AvgIpc) is 2.74. The molecule has 5 aliphatic rings. The number of hydrogen-bond acceptors (Lipinski definition) is 2. The molecule has 1 saturated heterocycles. The molecule has 0 amide bonds. The lowest BCUT2D eigenvalue weighted by Crippen LogP contribution is -2.50. The average molecular weight is 244 g/mol. The van der Waals surface area contributed by atoms with E-state index in [0.29, 0.717) is 11.3 Å². The summed E-state index contributed by atoms with van der Waals surface area (Å²) in [5.74, 6) is 3.50. The van der Waals surface area contributed by atoms with Gasteiger partial charge in [0.25, 0.3) is 0 Å². The molecule has 0 aromatic carbocycles. The molecule has 18 heavy (non-hydrogen) atoms. The molecule has 5 fully saturated rings. The summed E-state index contributed by atoms with van der Waals surface area (Å²) in [6, 6.07) is 2.46. The van der Waals surface area contributed by atoms with Crippen molar-refractivity contribution in [2.24, 2.45) is 29.1 Å². The molecule has 2 heteroatoms. The van der Waals surface area contributed by atoms with Crippen molar-refractivity contribution in [3.05, 3.63) is 0 Å². The smallest absolute Gasteiger partial charge is 0.0669 e. The van der Waals surface area contributed by atoms with E-state index in [1.807, 2.05) is 0 Å². The lowest BCUT2D eigenvalue weighted by molar-refractivity contribution is -0.0666. The first-order chi connectivity index (χ1) is 8.75. The van der Waals surface area contributed by atoms with E-state index in [1.165, 1.54) is 32.4 Å². The summed E-state index contributed by atoms with van der Waals surface area (Å²) >= 11 is 0. The first kappa shape index (κ1) is 11.3. The van der Waals surface area contributed by atoms with Crippen LogP contribution in [0.2, 0.25) is 0 Å². The highest BCUT2D eigenvalue weighted by Crippen LogP contribution is 2.60. The Hall–Kier alpha value is -0.550. The van der Waals surface area contributed by atoms with Crippen molar-refractivity contribution in [1.29, 1.82) is 5.26 Å². The third-order valence-corrected chi connectivity index (χ3v) is 6.18. The third-order valence-electron chi connectivity index (χ3n) is 6.18. The molecule has 4 aliphatic carbocycles. The van der Waals surface area contributed by atoms with Crippen LogP contribution in [0, 0.1) is 40.4 Å². The molecule has 1 aliphatic heterocycles. The van der Waals surface area contributed by atoms with Gasteiger partial charge in [0.05, 0.1) is 12.0 Å². The summed E-state index contributed by atoms with van der Waals surface area (Å²) in [5, 5.41) is 9.04. The zero-order valence-electron chi connectivity index (χ0n) is 11.3. The maximum Gasteiger partial charge on any atom is 0.0669 e. The lowest BCUT2D eigenvalue weighted by Gasteiger charge is -2.57. The molecule has 2 nitrogen and oxygen atoms in total. The number of nitriles is 1. The van der Waals surface area contributed by atoms with E-state index in [4.69, 9.17) is 5.26 Å². The van der Waals surface area contributed by atoms with Crippen molar-refractivity contribution >= 4 is 0 Å². The Bertz CT molecular complexity index is 346. The van der Waals surface area contributed by atoms with Crippen LogP contribution < -0.4 is 0 Å². The second-order valence-corrected chi connectivity index (χ2v) is 7.77. The molecule has 4 bridgehead atoms. The molecule has 0 aromatic heterocycles. The highest BCUT2D eigenvalue weighted by molar-refractivity contribution is 5.03. The Labute approximate surface area is 110 Å². The number of likely N-dealkylation sites (tertiary alicyclic amines) is 1. The fourth-order valence-corrected chi connectivity index (χ4v) is 6.04. The van der Waals surface area contributed by atoms with Crippen molar-refractivity contribution in [2.75, 3.05) is 19.6 Å². The number of rotatable bonds is 2. The van der Waals surface area contributed by atoms with Gasteiger partial charge in [0, 0.05) is 13.1 Å². The van der Waals surface area contributed by atoms with Crippen LogP contribution in [0.25, 0.3) is 0 Å². The zero-order chi connectivity index (χ0) is 12.2. The predicted octanol–water partition coefficient (Wildman–Crippen LogP) is 3.05. The van der Waals surface area contributed by atoms with Gasteiger partial charge in [-0.25, -0.2) is 0 Å². The zero-order valence-corrected chi connectivity index (χ0v) is 11.3. The van der Waals surface area contributed by atoms with Gasteiger partial charge in [-0.1, -0.05) is 0 Å². The van der Waals surface area contributed by atoms with Gasteiger partial charge in [0.1, 0.15) is 0 Å².